The van der Waals surface area contributed by atoms with Gasteiger partial charge in [0.25, 0.3) is 11.8 Å². The molecule has 1 aromatic carbocycles. The summed E-state index contributed by atoms with van der Waals surface area (Å²) >= 11 is 0. The molecule has 0 bridgehead atoms. The van der Waals surface area contributed by atoms with Gasteiger partial charge in [-0.1, -0.05) is 6.92 Å². The molecular weight excluding hydrogens is 312 g/mol. The molecule has 1 heterocycles. The smallest absolute Gasteiger partial charge is 0.344 e. The molecule has 0 spiro atoms. The minimum absolute atomic E-state index is 0.396. The van der Waals surface area contributed by atoms with Crippen molar-refractivity contribution in [2.75, 3.05) is 0 Å². The summed E-state index contributed by atoms with van der Waals surface area (Å²) in [7, 11) is 0. The summed E-state index contributed by atoms with van der Waals surface area (Å²) in [6.07, 6.45) is -0.534. The van der Waals surface area contributed by atoms with E-state index in [4.69, 9.17) is 10.00 Å². The van der Waals surface area contributed by atoms with E-state index in [0.717, 1.165) is 0 Å². The fourth-order valence-electron chi connectivity index (χ4n) is 2.09. The zero-order chi connectivity index (χ0) is 17.9. The Labute approximate surface area is 139 Å². The summed E-state index contributed by atoms with van der Waals surface area (Å²) in [4.78, 5) is 36.2. The van der Waals surface area contributed by atoms with E-state index in [1.165, 1.54) is 6.92 Å². The lowest BCUT2D eigenvalue weighted by Gasteiger charge is -2.21. The van der Waals surface area contributed by atoms with Crippen molar-refractivity contribution in [2.24, 2.45) is 0 Å². The predicted molar refractivity (Wildman–Crippen MR) is 83.5 cm³/mol. The number of carbonyl (C=O) groups is 3. The maximum atomic E-state index is 12.2. The van der Waals surface area contributed by atoms with Gasteiger partial charge in [-0.25, -0.2) is 4.79 Å². The number of hydrogen-bond donors (Lipinski definition) is 2. The first kappa shape index (κ1) is 17.3. The highest BCUT2D eigenvalue weighted by atomic mass is 16.5. The number of benzene rings is 1. The molecule has 24 heavy (non-hydrogen) atoms. The molecule has 0 radical (unpaired) electrons. The Kier molecular flexibility index (Phi) is 4.74. The predicted octanol–water partition coefficient (Wildman–Crippen LogP) is 1.08. The number of nitrogens with zero attached hydrogens (tertiary/aromatic N) is 2. The summed E-state index contributed by atoms with van der Waals surface area (Å²) in [5.74, 6) is -0.760. The molecule has 126 valence electrons. The number of nitrogens with one attached hydrogen (secondary N) is 2. The number of hydrogen-bond acceptors (Lipinski definition) is 5. The van der Waals surface area contributed by atoms with Gasteiger partial charge >= 0.3 is 6.03 Å². The molecule has 2 N–H and O–H groups in total. The second kappa shape index (κ2) is 6.58. The number of ether oxygens (including phenoxy) is 1. The minimum atomic E-state index is -1.03. The van der Waals surface area contributed by atoms with Crippen molar-refractivity contribution in [1.82, 2.24) is 15.8 Å². The highest BCUT2D eigenvalue weighted by Crippen LogP contribution is 2.19. The second-order valence-electron chi connectivity index (χ2n) is 5.63. The van der Waals surface area contributed by atoms with Crippen LogP contribution in [-0.2, 0) is 9.59 Å². The molecule has 2 atom stereocenters. The quantitative estimate of drug-likeness (QED) is 0.785. The molecule has 1 aromatic rings. The van der Waals surface area contributed by atoms with Gasteiger partial charge in [-0.3, -0.25) is 15.0 Å². The van der Waals surface area contributed by atoms with E-state index < -0.39 is 29.5 Å². The lowest BCUT2D eigenvalue weighted by atomic mass is 10.00. The van der Waals surface area contributed by atoms with Gasteiger partial charge in [-0.05, 0) is 44.5 Å². The third-order valence-electron chi connectivity index (χ3n) is 3.86. The minimum Gasteiger partial charge on any atom is -0.481 e. The zero-order valence-corrected chi connectivity index (χ0v) is 13.6. The Balaban J connectivity index is 2.00. The van der Waals surface area contributed by atoms with Crippen molar-refractivity contribution < 1.29 is 19.1 Å². The third-order valence-corrected chi connectivity index (χ3v) is 3.86. The van der Waals surface area contributed by atoms with Gasteiger partial charge in [0.05, 0.1) is 11.6 Å². The largest absolute Gasteiger partial charge is 0.481 e. The highest BCUT2D eigenvalue weighted by molar-refractivity contribution is 6.07. The summed E-state index contributed by atoms with van der Waals surface area (Å²) in [5.41, 5.74) is 1.71. The Bertz CT molecular complexity index is 710. The lowest BCUT2D eigenvalue weighted by molar-refractivity contribution is -0.141. The summed E-state index contributed by atoms with van der Waals surface area (Å²) in [6.45, 7) is 4.85. The molecule has 1 fully saturated rings. The second-order valence-corrected chi connectivity index (χ2v) is 5.63. The Morgan fingerprint density at radius 1 is 1.42 bits per heavy atom. The van der Waals surface area contributed by atoms with Crippen molar-refractivity contribution in [3.05, 3.63) is 29.8 Å². The van der Waals surface area contributed by atoms with Crippen LogP contribution in [0.2, 0.25) is 0 Å². The zero-order valence-electron chi connectivity index (χ0n) is 13.6. The van der Waals surface area contributed by atoms with E-state index in [1.54, 1.807) is 38.1 Å². The topological polar surface area (TPSA) is 112 Å². The molecule has 0 saturated carbocycles. The summed E-state index contributed by atoms with van der Waals surface area (Å²) < 4.78 is 5.44. The van der Waals surface area contributed by atoms with Gasteiger partial charge in [0, 0.05) is 0 Å². The standard InChI is InChI=1S/C16H18N4O4/c1-4-16(3)14(22)20(15(23)18-16)19-13(21)10(2)24-12-7-5-11(9-17)6-8-12/h5-8,10H,4H2,1-3H3,(H,18,23)(H,19,21)/t10-,16-/m1/s1. The molecule has 1 aliphatic rings. The van der Waals surface area contributed by atoms with E-state index in [0.29, 0.717) is 22.7 Å². The van der Waals surface area contributed by atoms with Gasteiger partial charge in [0.15, 0.2) is 6.10 Å². The van der Waals surface area contributed by atoms with E-state index in [2.05, 4.69) is 10.7 Å². The van der Waals surface area contributed by atoms with Gasteiger partial charge in [-0.15, -0.1) is 0 Å². The van der Waals surface area contributed by atoms with Crippen LogP contribution in [0.4, 0.5) is 4.79 Å². The average Bonchev–Trinajstić information content (AvgIpc) is 2.79. The van der Waals surface area contributed by atoms with Crippen LogP contribution in [0, 0.1) is 11.3 Å². The molecule has 8 nitrogen and oxygen atoms in total. The maximum absolute atomic E-state index is 12.2. The molecule has 2 rings (SSSR count). The third kappa shape index (κ3) is 3.30. The van der Waals surface area contributed by atoms with Gasteiger partial charge in [0.1, 0.15) is 11.3 Å². The SMILES string of the molecule is CC[C@@]1(C)NC(=O)N(NC(=O)[C@@H](C)Oc2ccc(C#N)cc2)C1=O. The van der Waals surface area contributed by atoms with Crippen LogP contribution in [-0.4, -0.2) is 34.5 Å². The number of amides is 4. The fourth-order valence-corrected chi connectivity index (χ4v) is 2.09. The van der Waals surface area contributed by atoms with E-state index in [-0.39, 0.29) is 0 Å². The molecule has 4 amide bonds. The monoisotopic (exact) mass is 330 g/mol. The Hall–Kier alpha value is -3.08. The Morgan fingerprint density at radius 2 is 2.04 bits per heavy atom. The number of nitriles is 1. The van der Waals surface area contributed by atoms with Crippen LogP contribution in [0.1, 0.15) is 32.8 Å². The maximum Gasteiger partial charge on any atom is 0.344 e. The number of hydrazine groups is 1. The summed E-state index contributed by atoms with van der Waals surface area (Å²) in [6, 6.07) is 7.54. The molecule has 0 aromatic heterocycles. The van der Waals surface area contributed by atoms with Crippen LogP contribution < -0.4 is 15.5 Å². The molecule has 0 aliphatic carbocycles. The first-order valence-electron chi connectivity index (χ1n) is 7.44. The number of urea groups is 1. The van der Waals surface area contributed by atoms with Crippen molar-refractivity contribution in [3.63, 3.8) is 0 Å². The van der Waals surface area contributed by atoms with E-state index in [1.807, 2.05) is 6.07 Å². The van der Waals surface area contributed by atoms with Gasteiger partial charge in [-0.2, -0.15) is 10.3 Å². The average molecular weight is 330 g/mol. The van der Waals surface area contributed by atoms with Crippen molar-refractivity contribution in [3.8, 4) is 11.8 Å². The lowest BCUT2D eigenvalue weighted by Crippen LogP contribution is -2.51. The summed E-state index contributed by atoms with van der Waals surface area (Å²) in [5, 5.41) is 11.9. The first-order chi connectivity index (χ1) is 11.3. The number of imide groups is 1. The van der Waals surface area contributed by atoms with E-state index >= 15 is 0 Å². The van der Waals surface area contributed by atoms with Gasteiger partial charge < -0.3 is 10.1 Å². The van der Waals surface area contributed by atoms with Crippen LogP contribution in [0.5, 0.6) is 5.75 Å². The fraction of sp³-hybridized carbons (Fsp3) is 0.375. The molecular formula is C16H18N4O4. The van der Waals surface area contributed by atoms with Crippen LogP contribution in [0.15, 0.2) is 24.3 Å². The number of carbonyl (C=O) groups excluding carboxylic acids is 3. The van der Waals surface area contributed by atoms with Crippen molar-refractivity contribution >= 4 is 17.8 Å². The van der Waals surface area contributed by atoms with Crippen LogP contribution in [0.3, 0.4) is 0 Å². The van der Waals surface area contributed by atoms with E-state index in [9.17, 15) is 14.4 Å². The molecule has 0 unspecified atom stereocenters. The van der Waals surface area contributed by atoms with Crippen LogP contribution >= 0.6 is 0 Å². The van der Waals surface area contributed by atoms with Crippen molar-refractivity contribution in [1.29, 1.82) is 5.26 Å². The molecule has 1 aliphatic heterocycles. The Morgan fingerprint density at radius 3 is 2.54 bits per heavy atom. The van der Waals surface area contributed by atoms with Gasteiger partial charge in [0.2, 0.25) is 0 Å². The normalized spacial score (nSPS) is 21.0. The number of rotatable bonds is 5. The van der Waals surface area contributed by atoms with Crippen molar-refractivity contribution in [2.45, 2.75) is 38.8 Å². The van der Waals surface area contributed by atoms with Crippen LogP contribution in [0.25, 0.3) is 0 Å². The molecule has 1 saturated heterocycles. The molecule has 8 heteroatoms. The highest BCUT2D eigenvalue weighted by Gasteiger charge is 2.47. The first-order valence-corrected chi connectivity index (χ1v) is 7.44.